The molecule has 0 saturated carbocycles. The van der Waals surface area contributed by atoms with Gasteiger partial charge in [0.2, 0.25) is 11.8 Å². The van der Waals surface area contributed by atoms with Crippen LogP contribution in [-0.4, -0.2) is 36.0 Å². The summed E-state index contributed by atoms with van der Waals surface area (Å²) in [4.78, 5) is 57.0. The second-order valence-corrected chi connectivity index (χ2v) is 11.2. The number of aryl methyl sites for hydroxylation is 1. The van der Waals surface area contributed by atoms with E-state index in [2.05, 4.69) is 0 Å². The van der Waals surface area contributed by atoms with E-state index in [1.165, 1.54) is 18.4 Å². The topological polar surface area (TPSA) is 101 Å². The number of nitrogens with zero attached hydrogens (tertiary/aromatic N) is 1. The highest BCUT2D eigenvalue weighted by molar-refractivity contribution is 7.17. The van der Waals surface area contributed by atoms with Gasteiger partial charge in [-0.05, 0) is 53.5 Å². The van der Waals surface area contributed by atoms with E-state index in [0.29, 0.717) is 17.5 Å². The Labute approximate surface area is 216 Å². The summed E-state index contributed by atoms with van der Waals surface area (Å²) in [5.41, 5.74) is 2.09. The molecule has 1 fully saturated rings. The molecule has 0 radical (unpaired) electrons. The van der Waals surface area contributed by atoms with Crippen molar-refractivity contribution < 1.29 is 29.0 Å². The SMILES string of the molecule is COC(=O)c1c(N2C(=O)C3C4c5ccccc5C(C(=O)O)(c5ccccc54)C3C2=O)sc2c1CCCC2. The molecule has 8 heteroatoms. The zero-order valence-corrected chi connectivity index (χ0v) is 20.8. The number of carbonyl (C=O) groups is 4. The van der Waals surface area contributed by atoms with Crippen LogP contribution in [0.15, 0.2) is 48.5 Å². The van der Waals surface area contributed by atoms with Gasteiger partial charge in [0.15, 0.2) is 0 Å². The first-order chi connectivity index (χ1) is 17.9. The number of fused-ring (bicyclic) bond motifs is 1. The second-order valence-electron chi connectivity index (χ2n) is 10.2. The molecule has 2 amide bonds. The number of benzene rings is 2. The predicted molar refractivity (Wildman–Crippen MR) is 135 cm³/mol. The summed E-state index contributed by atoms with van der Waals surface area (Å²) in [5, 5.41) is 11.1. The van der Waals surface area contributed by atoms with Crippen LogP contribution in [0.4, 0.5) is 5.00 Å². The largest absolute Gasteiger partial charge is 0.480 e. The zero-order chi connectivity index (χ0) is 25.6. The van der Waals surface area contributed by atoms with Crippen molar-refractivity contribution in [3.63, 3.8) is 0 Å². The Kier molecular flexibility index (Phi) is 4.61. The number of aliphatic carboxylic acids is 1. The molecule has 5 aliphatic rings. The Hall–Kier alpha value is -3.78. The number of carboxylic acid groups (broad SMARTS) is 1. The van der Waals surface area contributed by atoms with Crippen molar-refractivity contribution in [2.75, 3.05) is 12.0 Å². The van der Waals surface area contributed by atoms with E-state index in [4.69, 9.17) is 4.74 Å². The van der Waals surface area contributed by atoms with E-state index in [1.54, 1.807) is 24.3 Å². The van der Waals surface area contributed by atoms with Gasteiger partial charge in [0.25, 0.3) is 0 Å². The number of amides is 2. The zero-order valence-electron chi connectivity index (χ0n) is 20.0. The average Bonchev–Trinajstić information content (AvgIpc) is 3.42. The van der Waals surface area contributed by atoms with E-state index in [0.717, 1.165) is 45.7 Å². The summed E-state index contributed by atoms with van der Waals surface area (Å²) in [7, 11) is 1.29. The maximum absolute atomic E-state index is 14.3. The number of anilines is 1. The molecule has 2 atom stereocenters. The van der Waals surface area contributed by atoms with Crippen LogP contribution in [-0.2, 0) is 37.4 Å². The van der Waals surface area contributed by atoms with Crippen molar-refractivity contribution in [2.24, 2.45) is 11.8 Å². The molecule has 1 saturated heterocycles. The number of imide groups is 1. The van der Waals surface area contributed by atoms with Crippen LogP contribution in [0.3, 0.4) is 0 Å². The summed E-state index contributed by atoms with van der Waals surface area (Å²) in [5.74, 6) is -5.17. The molecule has 3 aromatic rings. The van der Waals surface area contributed by atoms with Gasteiger partial charge >= 0.3 is 11.9 Å². The van der Waals surface area contributed by atoms with Gasteiger partial charge in [-0.3, -0.25) is 14.4 Å². The molecule has 4 aliphatic carbocycles. The molecule has 2 bridgehead atoms. The Morgan fingerprint density at radius 1 is 0.973 bits per heavy atom. The van der Waals surface area contributed by atoms with Crippen molar-refractivity contribution in [3.8, 4) is 0 Å². The molecular weight excluding hydrogens is 490 g/mol. The van der Waals surface area contributed by atoms with E-state index in [1.807, 2.05) is 24.3 Å². The van der Waals surface area contributed by atoms with Gasteiger partial charge in [0.1, 0.15) is 10.4 Å². The van der Waals surface area contributed by atoms with Crippen LogP contribution in [0.5, 0.6) is 0 Å². The van der Waals surface area contributed by atoms with Crippen LogP contribution >= 0.6 is 11.3 Å². The number of carbonyl (C=O) groups excluding carboxylic acids is 3. The Bertz CT molecular complexity index is 1510. The predicted octanol–water partition coefficient (Wildman–Crippen LogP) is 4.05. The van der Waals surface area contributed by atoms with Gasteiger partial charge in [-0.2, -0.15) is 0 Å². The first-order valence-electron chi connectivity index (χ1n) is 12.5. The third-order valence-corrected chi connectivity index (χ3v) is 9.98. The normalized spacial score (nSPS) is 26.8. The summed E-state index contributed by atoms with van der Waals surface area (Å²) < 4.78 is 5.09. The number of ether oxygens (including phenoxy) is 1. The number of esters is 1. The standard InChI is InChI=1S/C29H23NO6S/c1-36-27(33)21-16-10-4-7-13-19(16)37-26(21)30-24(31)22-20-14-8-2-5-11-17(14)29(28(34)35,23(22)25(30)32)18-12-6-3-9-15(18)20/h2-3,5-6,8-9,11-12,20,22-23H,4,7,10,13H2,1H3,(H,34,35). The average molecular weight is 514 g/mol. The number of thiophene rings is 1. The maximum Gasteiger partial charge on any atom is 0.341 e. The molecule has 2 heterocycles. The fourth-order valence-corrected chi connectivity index (χ4v) is 8.74. The lowest BCUT2D eigenvalue weighted by Gasteiger charge is -2.51. The molecule has 1 aliphatic heterocycles. The molecule has 1 N–H and O–H groups in total. The van der Waals surface area contributed by atoms with E-state index in [9.17, 15) is 24.3 Å². The number of hydrogen-bond acceptors (Lipinski definition) is 6. The summed E-state index contributed by atoms with van der Waals surface area (Å²) in [6.07, 6.45) is 3.33. The molecule has 186 valence electrons. The van der Waals surface area contributed by atoms with Crippen LogP contribution in [0, 0.1) is 11.8 Å². The molecule has 37 heavy (non-hydrogen) atoms. The minimum Gasteiger partial charge on any atom is -0.480 e. The fourth-order valence-electron chi connectivity index (χ4n) is 7.36. The minimum absolute atomic E-state index is 0.272. The van der Waals surface area contributed by atoms with Crippen molar-refractivity contribution in [1.82, 2.24) is 0 Å². The van der Waals surface area contributed by atoms with Crippen LogP contribution < -0.4 is 4.90 Å². The van der Waals surface area contributed by atoms with Gasteiger partial charge < -0.3 is 9.84 Å². The molecular formula is C29H23NO6S. The fraction of sp³-hybridized carbons (Fsp3) is 0.310. The van der Waals surface area contributed by atoms with Crippen LogP contribution in [0.25, 0.3) is 0 Å². The Morgan fingerprint density at radius 2 is 1.59 bits per heavy atom. The van der Waals surface area contributed by atoms with Gasteiger partial charge in [-0.15, -0.1) is 11.3 Å². The highest BCUT2D eigenvalue weighted by atomic mass is 32.1. The van der Waals surface area contributed by atoms with E-state index in [-0.39, 0.29) is 10.6 Å². The van der Waals surface area contributed by atoms with Crippen LogP contribution in [0.1, 0.15) is 61.8 Å². The van der Waals surface area contributed by atoms with Gasteiger partial charge in [0, 0.05) is 10.8 Å². The number of carboxylic acids is 1. The number of hydrogen-bond donors (Lipinski definition) is 1. The van der Waals surface area contributed by atoms with E-state index < -0.39 is 46.9 Å². The highest BCUT2D eigenvalue weighted by Crippen LogP contribution is 2.64. The lowest BCUT2D eigenvalue weighted by atomic mass is 9.47. The molecule has 1 aromatic heterocycles. The summed E-state index contributed by atoms with van der Waals surface area (Å²) >= 11 is 1.29. The van der Waals surface area contributed by atoms with Gasteiger partial charge in [-0.1, -0.05) is 48.5 Å². The van der Waals surface area contributed by atoms with Gasteiger partial charge in [-0.25, -0.2) is 9.69 Å². The smallest absolute Gasteiger partial charge is 0.341 e. The lowest BCUT2D eigenvalue weighted by molar-refractivity contribution is -0.149. The third-order valence-electron chi connectivity index (χ3n) is 8.70. The summed E-state index contributed by atoms with van der Waals surface area (Å²) in [6.45, 7) is 0. The second kappa shape index (κ2) is 7.61. The number of rotatable bonds is 3. The van der Waals surface area contributed by atoms with Crippen LogP contribution in [0.2, 0.25) is 0 Å². The molecule has 7 nitrogen and oxygen atoms in total. The quantitative estimate of drug-likeness (QED) is 0.419. The molecule has 0 spiro atoms. The van der Waals surface area contributed by atoms with E-state index >= 15 is 0 Å². The lowest BCUT2D eigenvalue weighted by Crippen LogP contribution is -2.57. The van der Waals surface area contributed by atoms with Crippen molar-refractivity contribution in [1.29, 1.82) is 0 Å². The summed E-state index contributed by atoms with van der Waals surface area (Å²) in [6, 6.07) is 14.5. The Morgan fingerprint density at radius 3 is 2.22 bits per heavy atom. The van der Waals surface area contributed by atoms with Crippen molar-refractivity contribution >= 4 is 40.1 Å². The first-order valence-corrected chi connectivity index (χ1v) is 13.3. The maximum atomic E-state index is 14.3. The first kappa shape index (κ1) is 22.4. The minimum atomic E-state index is -1.70. The Balaban J connectivity index is 1.49. The monoisotopic (exact) mass is 513 g/mol. The molecule has 2 unspecified atom stereocenters. The van der Waals surface area contributed by atoms with Gasteiger partial charge in [0.05, 0.1) is 24.5 Å². The van der Waals surface area contributed by atoms with Crippen molar-refractivity contribution in [3.05, 3.63) is 86.8 Å². The number of methoxy groups -OCH3 is 1. The molecule has 2 aromatic carbocycles. The molecule has 8 rings (SSSR count). The third kappa shape index (κ3) is 2.56. The highest BCUT2D eigenvalue weighted by Gasteiger charge is 2.71. The van der Waals surface area contributed by atoms with Crippen molar-refractivity contribution in [2.45, 2.75) is 37.0 Å².